The standard InChI is InChI=1S/C35H40ClN5O2/c36-31-15-13-28(14-16-31)25-41-27-38-32(33(41)43-34(42)37-19-24-39-20-7-8-21-39)26-40-22-17-35(18-23-40,29-9-3-1-4-10-29)30-11-5-2-6-12-30/h1-6,9-16,27H,7-8,17-26H2,(H,37,42). The van der Waals surface area contributed by atoms with Crippen LogP contribution in [0.3, 0.4) is 0 Å². The molecule has 1 amide bonds. The van der Waals surface area contributed by atoms with Crippen molar-refractivity contribution >= 4 is 17.7 Å². The first-order valence-electron chi connectivity index (χ1n) is 15.4. The Morgan fingerprint density at radius 2 is 1.44 bits per heavy atom. The number of benzene rings is 3. The quantitative estimate of drug-likeness (QED) is 0.231. The second kappa shape index (κ2) is 13.8. The third-order valence-electron chi connectivity index (χ3n) is 8.95. The molecular weight excluding hydrogens is 558 g/mol. The number of imidazole rings is 1. The first-order valence-corrected chi connectivity index (χ1v) is 15.8. The van der Waals surface area contributed by atoms with Gasteiger partial charge in [0.25, 0.3) is 0 Å². The van der Waals surface area contributed by atoms with Crippen molar-refractivity contribution in [1.29, 1.82) is 0 Å². The number of amides is 1. The van der Waals surface area contributed by atoms with E-state index in [4.69, 9.17) is 21.3 Å². The van der Waals surface area contributed by atoms with Gasteiger partial charge in [0.2, 0.25) is 5.88 Å². The zero-order valence-corrected chi connectivity index (χ0v) is 25.4. The molecule has 2 fully saturated rings. The fourth-order valence-electron chi connectivity index (χ4n) is 6.55. The molecule has 224 valence electrons. The van der Waals surface area contributed by atoms with E-state index < -0.39 is 6.09 Å². The maximum atomic E-state index is 13.0. The van der Waals surface area contributed by atoms with Crippen LogP contribution in [-0.2, 0) is 18.5 Å². The van der Waals surface area contributed by atoms with Crippen molar-refractivity contribution in [1.82, 2.24) is 24.7 Å². The average Bonchev–Trinajstić information content (AvgIpc) is 3.70. The average molecular weight is 598 g/mol. The summed E-state index contributed by atoms with van der Waals surface area (Å²) in [4.78, 5) is 22.5. The molecule has 0 aliphatic carbocycles. The van der Waals surface area contributed by atoms with Gasteiger partial charge in [-0.3, -0.25) is 9.47 Å². The van der Waals surface area contributed by atoms with Crippen LogP contribution in [0.1, 0.15) is 48.1 Å². The van der Waals surface area contributed by atoms with Gasteiger partial charge in [0.15, 0.2) is 0 Å². The summed E-state index contributed by atoms with van der Waals surface area (Å²) in [6.07, 6.45) is 5.79. The van der Waals surface area contributed by atoms with Gasteiger partial charge in [-0.2, -0.15) is 0 Å². The van der Waals surface area contributed by atoms with Crippen molar-refractivity contribution < 1.29 is 9.53 Å². The van der Waals surface area contributed by atoms with Crippen molar-refractivity contribution in [2.75, 3.05) is 39.3 Å². The third-order valence-corrected chi connectivity index (χ3v) is 9.20. The predicted molar refractivity (Wildman–Crippen MR) is 171 cm³/mol. The van der Waals surface area contributed by atoms with Gasteiger partial charge in [-0.25, -0.2) is 9.78 Å². The Hall–Kier alpha value is -3.65. The van der Waals surface area contributed by atoms with Crippen LogP contribution in [0.4, 0.5) is 4.79 Å². The third kappa shape index (κ3) is 7.12. The van der Waals surface area contributed by atoms with Gasteiger partial charge in [-0.15, -0.1) is 0 Å². The van der Waals surface area contributed by atoms with Crippen molar-refractivity contribution in [3.8, 4) is 5.88 Å². The monoisotopic (exact) mass is 597 g/mol. The van der Waals surface area contributed by atoms with E-state index in [1.807, 2.05) is 28.8 Å². The number of hydrogen-bond donors (Lipinski definition) is 1. The molecule has 0 radical (unpaired) electrons. The highest BCUT2D eigenvalue weighted by Crippen LogP contribution is 2.42. The minimum atomic E-state index is -0.441. The fourth-order valence-corrected chi connectivity index (χ4v) is 6.67. The van der Waals surface area contributed by atoms with Gasteiger partial charge in [0, 0.05) is 30.1 Å². The highest BCUT2D eigenvalue weighted by Gasteiger charge is 2.38. The van der Waals surface area contributed by atoms with E-state index in [2.05, 4.69) is 75.8 Å². The number of halogens is 1. The predicted octanol–water partition coefficient (Wildman–Crippen LogP) is 6.35. The molecule has 1 aromatic heterocycles. The Bertz CT molecular complexity index is 1420. The van der Waals surface area contributed by atoms with Crippen LogP contribution in [0.15, 0.2) is 91.3 Å². The molecule has 3 heterocycles. The Labute approximate surface area is 259 Å². The van der Waals surface area contributed by atoms with E-state index in [-0.39, 0.29) is 5.41 Å². The van der Waals surface area contributed by atoms with Crippen LogP contribution in [0, 0.1) is 0 Å². The van der Waals surface area contributed by atoms with E-state index in [0.29, 0.717) is 30.5 Å². The highest BCUT2D eigenvalue weighted by molar-refractivity contribution is 6.30. The summed E-state index contributed by atoms with van der Waals surface area (Å²) in [5.41, 5.74) is 4.53. The number of likely N-dealkylation sites (tertiary alicyclic amines) is 2. The number of hydrogen-bond acceptors (Lipinski definition) is 5. The first kappa shape index (κ1) is 29.4. The molecule has 43 heavy (non-hydrogen) atoms. The summed E-state index contributed by atoms with van der Waals surface area (Å²) >= 11 is 6.12. The normalized spacial score (nSPS) is 17.1. The molecule has 2 saturated heterocycles. The van der Waals surface area contributed by atoms with Gasteiger partial charge in [0.05, 0.1) is 12.9 Å². The molecule has 7 nitrogen and oxygen atoms in total. The fraction of sp³-hybridized carbons (Fsp3) is 0.371. The smallest absolute Gasteiger partial charge is 0.391 e. The van der Waals surface area contributed by atoms with Crippen LogP contribution in [0.5, 0.6) is 5.88 Å². The van der Waals surface area contributed by atoms with E-state index in [9.17, 15) is 4.79 Å². The first-order chi connectivity index (χ1) is 21.1. The largest absolute Gasteiger partial charge is 0.413 e. The molecule has 0 atom stereocenters. The van der Waals surface area contributed by atoms with Crippen molar-refractivity contribution in [2.24, 2.45) is 0 Å². The summed E-state index contributed by atoms with van der Waals surface area (Å²) in [6, 6.07) is 29.5. The number of piperidine rings is 1. The van der Waals surface area contributed by atoms with Gasteiger partial charge < -0.3 is 15.0 Å². The summed E-state index contributed by atoms with van der Waals surface area (Å²) in [5, 5.41) is 3.64. The molecule has 1 N–H and O–H groups in total. The number of carbonyl (C=O) groups is 1. The van der Waals surface area contributed by atoms with E-state index in [1.54, 1.807) is 6.33 Å². The maximum absolute atomic E-state index is 13.0. The van der Waals surface area contributed by atoms with E-state index in [0.717, 1.165) is 56.8 Å². The van der Waals surface area contributed by atoms with Crippen LogP contribution in [-0.4, -0.2) is 64.7 Å². The molecule has 0 saturated carbocycles. The lowest BCUT2D eigenvalue weighted by molar-refractivity contribution is 0.167. The Morgan fingerprint density at radius 3 is 2.07 bits per heavy atom. The lowest BCUT2D eigenvalue weighted by atomic mass is 9.68. The summed E-state index contributed by atoms with van der Waals surface area (Å²) < 4.78 is 7.90. The van der Waals surface area contributed by atoms with E-state index >= 15 is 0 Å². The van der Waals surface area contributed by atoms with Gasteiger partial charge in [-0.05, 0) is 80.7 Å². The Kier molecular flexibility index (Phi) is 9.42. The number of nitrogens with one attached hydrogen (secondary N) is 1. The Balaban J connectivity index is 1.17. The number of nitrogens with zero attached hydrogens (tertiary/aromatic N) is 4. The van der Waals surface area contributed by atoms with Gasteiger partial charge in [-0.1, -0.05) is 84.4 Å². The van der Waals surface area contributed by atoms with Crippen LogP contribution in [0.2, 0.25) is 5.02 Å². The molecule has 2 aliphatic heterocycles. The second-order valence-electron chi connectivity index (χ2n) is 11.7. The number of aromatic nitrogens is 2. The topological polar surface area (TPSA) is 62.6 Å². The molecule has 0 bridgehead atoms. The number of carbonyl (C=O) groups excluding carboxylic acids is 1. The lowest BCUT2D eigenvalue weighted by Crippen LogP contribution is -2.43. The SMILES string of the molecule is O=C(NCCN1CCCC1)Oc1c(CN2CCC(c3ccccc3)(c3ccccc3)CC2)ncn1Cc1ccc(Cl)cc1. The van der Waals surface area contributed by atoms with Crippen LogP contribution >= 0.6 is 11.6 Å². The van der Waals surface area contributed by atoms with Gasteiger partial charge >= 0.3 is 6.09 Å². The molecule has 3 aromatic carbocycles. The molecule has 0 spiro atoms. The van der Waals surface area contributed by atoms with Crippen LogP contribution < -0.4 is 10.1 Å². The van der Waals surface area contributed by atoms with Crippen LogP contribution in [0.25, 0.3) is 0 Å². The minimum absolute atomic E-state index is 0.0263. The van der Waals surface area contributed by atoms with Crippen molar-refractivity contribution in [2.45, 2.75) is 44.2 Å². The summed E-state index contributed by atoms with van der Waals surface area (Å²) in [6.45, 7) is 6.57. The molecule has 6 rings (SSSR count). The molecule has 8 heteroatoms. The number of ether oxygens (including phenoxy) is 1. The summed E-state index contributed by atoms with van der Waals surface area (Å²) in [7, 11) is 0. The highest BCUT2D eigenvalue weighted by atomic mass is 35.5. The van der Waals surface area contributed by atoms with Gasteiger partial charge in [0.1, 0.15) is 5.69 Å². The zero-order chi connectivity index (χ0) is 29.5. The minimum Gasteiger partial charge on any atom is -0.391 e. The lowest BCUT2D eigenvalue weighted by Gasteiger charge is -2.42. The molecular formula is C35H40ClN5O2. The summed E-state index contributed by atoms with van der Waals surface area (Å²) in [5.74, 6) is 0.497. The molecule has 2 aliphatic rings. The van der Waals surface area contributed by atoms with Crippen molar-refractivity contribution in [3.63, 3.8) is 0 Å². The molecule has 4 aromatic rings. The zero-order valence-electron chi connectivity index (χ0n) is 24.6. The maximum Gasteiger partial charge on any atom is 0.413 e. The molecule has 0 unspecified atom stereocenters. The number of rotatable bonds is 10. The van der Waals surface area contributed by atoms with Crippen molar-refractivity contribution in [3.05, 3.63) is 119 Å². The van der Waals surface area contributed by atoms with E-state index in [1.165, 1.54) is 24.0 Å². The Morgan fingerprint density at radius 1 is 0.814 bits per heavy atom. The second-order valence-corrected chi connectivity index (χ2v) is 12.1.